The van der Waals surface area contributed by atoms with Gasteiger partial charge in [-0.15, -0.1) is 0 Å². The summed E-state index contributed by atoms with van der Waals surface area (Å²) in [5.74, 6) is -0.710. The summed E-state index contributed by atoms with van der Waals surface area (Å²) in [6.45, 7) is 3.97. The summed E-state index contributed by atoms with van der Waals surface area (Å²) in [5.41, 5.74) is 0.602. The smallest absolute Gasteiger partial charge is 0.343 e. The van der Waals surface area contributed by atoms with E-state index in [1.165, 1.54) is 7.11 Å². The third-order valence-corrected chi connectivity index (χ3v) is 4.79. The van der Waals surface area contributed by atoms with E-state index < -0.39 is 17.1 Å². The summed E-state index contributed by atoms with van der Waals surface area (Å²) in [6.07, 6.45) is 2.30. The van der Waals surface area contributed by atoms with Gasteiger partial charge in [0.15, 0.2) is 18.1 Å². The van der Waals surface area contributed by atoms with Crippen molar-refractivity contribution in [3.8, 4) is 11.5 Å². The Labute approximate surface area is 178 Å². The van der Waals surface area contributed by atoms with Gasteiger partial charge in [0.2, 0.25) is 5.91 Å². The fourth-order valence-electron chi connectivity index (χ4n) is 2.45. The molecule has 1 heterocycles. The number of nitrogens with one attached hydrogen (secondary N) is 1. The molecule has 0 aromatic heterocycles. The topological polar surface area (TPSA) is 111 Å². The number of imide groups is 1. The average Bonchev–Trinajstić information content (AvgIpc) is 2.98. The summed E-state index contributed by atoms with van der Waals surface area (Å²) in [5, 5.41) is 2.14. The number of carbonyl (C=O) groups excluding carboxylic acids is 4. The van der Waals surface area contributed by atoms with Gasteiger partial charge in [-0.1, -0.05) is 13.0 Å². The van der Waals surface area contributed by atoms with E-state index in [0.717, 1.165) is 23.1 Å². The maximum Gasteiger partial charge on any atom is 0.343 e. The van der Waals surface area contributed by atoms with E-state index in [1.54, 1.807) is 31.2 Å². The molecule has 0 radical (unpaired) electrons. The molecule has 2 rings (SSSR count). The molecule has 1 saturated heterocycles. The number of hydrogen-bond acceptors (Lipinski definition) is 8. The molecule has 0 aliphatic carbocycles. The predicted octanol–water partition coefficient (Wildman–Crippen LogP) is 2.20. The Balaban J connectivity index is 2.16. The van der Waals surface area contributed by atoms with E-state index in [4.69, 9.17) is 9.47 Å². The Morgan fingerprint density at radius 3 is 2.60 bits per heavy atom. The van der Waals surface area contributed by atoms with Crippen molar-refractivity contribution in [2.75, 3.05) is 33.4 Å². The van der Waals surface area contributed by atoms with Gasteiger partial charge in [-0.05, 0) is 48.9 Å². The lowest BCUT2D eigenvalue weighted by atomic mass is 10.2. The molecule has 9 nitrogen and oxygen atoms in total. The Bertz CT molecular complexity index is 854. The first-order chi connectivity index (χ1) is 14.4. The van der Waals surface area contributed by atoms with E-state index in [1.807, 2.05) is 6.92 Å². The quantitative estimate of drug-likeness (QED) is 0.439. The van der Waals surface area contributed by atoms with Gasteiger partial charge < -0.3 is 19.5 Å². The van der Waals surface area contributed by atoms with E-state index in [9.17, 15) is 19.2 Å². The molecule has 3 amide bonds. The minimum atomic E-state index is -0.529. The Morgan fingerprint density at radius 2 is 1.93 bits per heavy atom. The van der Waals surface area contributed by atoms with Crippen LogP contribution in [-0.2, 0) is 19.1 Å². The number of benzene rings is 1. The van der Waals surface area contributed by atoms with Crippen molar-refractivity contribution < 1.29 is 33.4 Å². The van der Waals surface area contributed by atoms with Crippen molar-refractivity contribution in [3.63, 3.8) is 0 Å². The van der Waals surface area contributed by atoms with Gasteiger partial charge in [-0.25, -0.2) is 4.79 Å². The van der Waals surface area contributed by atoms with Gasteiger partial charge in [-0.2, -0.15) is 0 Å². The van der Waals surface area contributed by atoms with Crippen molar-refractivity contribution >= 4 is 40.9 Å². The molecule has 10 heteroatoms. The van der Waals surface area contributed by atoms with E-state index in [2.05, 4.69) is 10.1 Å². The first kappa shape index (κ1) is 23.3. The lowest BCUT2D eigenvalue weighted by Crippen LogP contribution is -2.39. The molecule has 0 saturated carbocycles. The highest BCUT2D eigenvalue weighted by Crippen LogP contribution is 2.34. The highest BCUT2D eigenvalue weighted by molar-refractivity contribution is 8.18. The summed E-state index contributed by atoms with van der Waals surface area (Å²) >= 11 is 0.768. The number of rotatable bonds is 10. The Hall–Kier alpha value is -3.01. The van der Waals surface area contributed by atoms with Crippen LogP contribution in [0.4, 0.5) is 4.79 Å². The summed E-state index contributed by atoms with van der Waals surface area (Å²) < 4.78 is 15.5. The predicted molar refractivity (Wildman–Crippen MR) is 111 cm³/mol. The molecule has 162 valence electrons. The monoisotopic (exact) mass is 436 g/mol. The van der Waals surface area contributed by atoms with Gasteiger partial charge in [0.05, 0.1) is 18.6 Å². The minimum absolute atomic E-state index is 0.203. The van der Waals surface area contributed by atoms with Crippen LogP contribution in [-0.4, -0.2) is 61.3 Å². The van der Waals surface area contributed by atoms with Crippen LogP contribution in [0.25, 0.3) is 6.08 Å². The molecular formula is C20H24N2O7S. The van der Waals surface area contributed by atoms with Gasteiger partial charge >= 0.3 is 5.97 Å². The van der Waals surface area contributed by atoms with Crippen molar-refractivity contribution in [2.45, 2.75) is 20.3 Å². The second-order valence-corrected chi connectivity index (χ2v) is 7.11. The van der Waals surface area contributed by atoms with Crippen molar-refractivity contribution in [1.29, 1.82) is 0 Å². The number of hydrogen-bond donors (Lipinski definition) is 1. The van der Waals surface area contributed by atoms with Crippen LogP contribution >= 0.6 is 11.8 Å². The zero-order valence-electron chi connectivity index (χ0n) is 17.1. The number of thioether (sulfide) groups is 1. The van der Waals surface area contributed by atoms with E-state index in [-0.39, 0.29) is 24.0 Å². The molecule has 0 atom stereocenters. The number of carbonyl (C=O) groups is 4. The standard InChI is InChI=1S/C20H24N2O7S/c1-4-8-21-17(23)11-22-19(25)16(30-20(22)26)10-13-6-7-14(15(9-13)28-5-2)29-12-18(24)27-3/h6-7,9-10H,4-5,8,11-12H2,1-3H3,(H,21,23)/b16-10-. The number of ether oxygens (including phenoxy) is 3. The van der Waals surface area contributed by atoms with Crippen LogP contribution in [0, 0.1) is 0 Å². The number of methoxy groups -OCH3 is 1. The third-order valence-electron chi connectivity index (χ3n) is 3.89. The zero-order chi connectivity index (χ0) is 22.1. The van der Waals surface area contributed by atoms with Gasteiger partial charge in [0.25, 0.3) is 11.1 Å². The van der Waals surface area contributed by atoms with Crippen LogP contribution in [0.2, 0.25) is 0 Å². The van der Waals surface area contributed by atoms with Crippen LogP contribution in [0.3, 0.4) is 0 Å². The highest BCUT2D eigenvalue weighted by Gasteiger charge is 2.36. The maximum atomic E-state index is 12.5. The van der Waals surface area contributed by atoms with Crippen LogP contribution in [0.1, 0.15) is 25.8 Å². The van der Waals surface area contributed by atoms with Gasteiger partial charge in [0, 0.05) is 6.54 Å². The number of amides is 3. The molecule has 1 aliphatic rings. The SMILES string of the molecule is CCCNC(=O)CN1C(=O)S/C(=C\c2ccc(OCC(=O)OC)c(OCC)c2)C1=O. The van der Waals surface area contributed by atoms with E-state index >= 15 is 0 Å². The summed E-state index contributed by atoms with van der Waals surface area (Å²) in [6, 6.07) is 4.90. The lowest BCUT2D eigenvalue weighted by Gasteiger charge is -2.12. The third kappa shape index (κ3) is 6.24. The van der Waals surface area contributed by atoms with Crippen molar-refractivity contribution in [3.05, 3.63) is 28.7 Å². The molecule has 0 unspecified atom stereocenters. The van der Waals surface area contributed by atoms with Crippen molar-refractivity contribution in [2.24, 2.45) is 0 Å². The van der Waals surface area contributed by atoms with Crippen LogP contribution < -0.4 is 14.8 Å². The number of esters is 1. The number of nitrogens with zero attached hydrogens (tertiary/aromatic N) is 1. The second kappa shape index (κ2) is 11.2. The van der Waals surface area contributed by atoms with Crippen LogP contribution in [0.5, 0.6) is 11.5 Å². The maximum absolute atomic E-state index is 12.5. The molecule has 1 aromatic carbocycles. The molecule has 1 aromatic rings. The van der Waals surface area contributed by atoms with Gasteiger partial charge in [0.1, 0.15) is 6.54 Å². The molecule has 1 aliphatic heterocycles. The first-order valence-electron chi connectivity index (χ1n) is 9.38. The Kier molecular flexibility index (Phi) is 8.72. The average molecular weight is 436 g/mol. The molecule has 0 spiro atoms. The fraction of sp³-hybridized carbons (Fsp3) is 0.400. The first-order valence-corrected chi connectivity index (χ1v) is 10.2. The highest BCUT2D eigenvalue weighted by atomic mass is 32.2. The molecule has 1 fully saturated rings. The lowest BCUT2D eigenvalue weighted by molar-refractivity contribution is -0.143. The van der Waals surface area contributed by atoms with Gasteiger partial charge in [-0.3, -0.25) is 19.3 Å². The van der Waals surface area contributed by atoms with Crippen LogP contribution in [0.15, 0.2) is 23.1 Å². The van der Waals surface area contributed by atoms with E-state index in [0.29, 0.717) is 30.2 Å². The summed E-state index contributed by atoms with van der Waals surface area (Å²) in [4.78, 5) is 48.9. The molecular weight excluding hydrogens is 412 g/mol. The Morgan fingerprint density at radius 1 is 1.17 bits per heavy atom. The largest absolute Gasteiger partial charge is 0.490 e. The second-order valence-electron chi connectivity index (χ2n) is 6.12. The normalized spacial score (nSPS) is 14.8. The molecule has 30 heavy (non-hydrogen) atoms. The fourth-order valence-corrected chi connectivity index (χ4v) is 3.29. The van der Waals surface area contributed by atoms with Crippen molar-refractivity contribution in [1.82, 2.24) is 10.2 Å². The molecule has 1 N–H and O–H groups in total. The zero-order valence-corrected chi connectivity index (χ0v) is 17.9. The molecule has 0 bridgehead atoms. The minimum Gasteiger partial charge on any atom is -0.490 e. The summed E-state index contributed by atoms with van der Waals surface area (Å²) in [7, 11) is 1.26.